The zero-order chi connectivity index (χ0) is 22.6. The van der Waals surface area contributed by atoms with E-state index in [2.05, 4.69) is 30.7 Å². The van der Waals surface area contributed by atoms with Crippen LogP contribution in [0.15, 0.2) is 60.7 Å². The fourth-order valence-electron chi connectivity index (χ4n) is 3.36. The van der Waals surface area contributed by atoms with Gasteiger partial charge in [-0.05, 0) is 28.8 Å². The highest BCUT2D eigenvalue weighted by molar-refractivity contribution is 5.80. The van der Waals surface area contributed by atoms with Gasteiger partial charge in [0.2, 0.25) is 11.6 Å². The molecule has 0 saturated heterocycles. The molecule has 0 aliphatic carbocycles. The van der Waals surface area contributed by atoms with Crippen LogP contribution in [0.5, 0.6) is 0 Å². The summed E-state index contributed by atoms with van der Waals surface area (Å²) in [6.07, 6.45) is 3.85. The largest absolute Gasteiger partial charge is 0.308 e. The van der Waals surface area contributed by atoms with Gasteiger partial charge in [-0.2, -0.15) is 14.0 Å². The molecule has 0 atom stereocenters. The van der Waals surface area contributed by atoms with E-state index in [0.29, 0.717) is 24.6 Å². The molecule has 0 fully saturated rings. The number of H-pyrrole nitrogens is 1. The Morgan fingerprint density at radius 3 is 2.47 bits per heavy atom. The molecule has 0 spiro atoms. The van der Waals surface area contributed by atoms with Gasteiger partial charge in [0.1, 0.15) is 5.82 Å². The van der Waals surface area contributed by atoms with Gasteiger partial charge in [-0.15, -0.1) is 15.3 Å². The maximum atomic E-state index is 14.2. The summed E-state index contributed by atoms with van der Waals surface area (Å²) in [5, 5.41) is 18.4. The van der Waals surface area contributed by atoms with Crippen molar-refractivity contribution in [2.45, 2.75) is 39.2 Å². The molecule has 9 heteroatoms. The fraction of sp³-hybridized carbons (Fsp3) is 0.261. The maximum Gasteiger partial charge on any atom is 0.308 e. The lowest BCUT2D eigenvalue weighted by atomic mass is 9.98. The zero-order valence-electron chi connectivity index (χ0n) is 17.8. The SMILES string of the molecule is C/C=C/Cc1nc(C(F)(F)CC)nn1Cc1ccc(-c2ccccc2-c2nn[nH]n2)cc1. The van der Waals surface area contributed by atoms with Crippen molar-refractivity contribution in [3.05, 3.63) is 77.9 Å². The van der Waals surface area contributed by atoms with Crippen molar-refractivity contribution in [2.75, 3.05) is 0 Å². The summed E-state index contributed by atoms with van der Waals surface area (Å²) < 4.78 is 29.9. The average Bonchev–Trinajstić information content (AvgIpc) is 3.49. The van der Waals surface area contributed by atoms with E-state index in [0.717, 1.165) is 22.3 Å². The molecule has 0 radical (unpaired) electrons. The molecule has 32 heavy (non-hydrogen) atoms. The highest BCUT2D eigenvalue weighted by atomic mass is 19.3. The minimum atomic E-state index is -3.04. The molecule has 4 rings (SSSR count). The fourth-order valence-corrected chi connectivity index (χ4v) is 3.36. The van der Waals surface area contributed by atoms with E-state index in [1.54, 1.807) is 4.68 Å². The van der Waals surface area contributed by atoms with E-state index < -0.39 is 11.7 Å². The van der Waals surface area contributed by atoms with Crippen molar-refractivity contribution in [1.29, 1.82) is 0 Å². The summed E-state index contributed by atoms with van der Waals surface area (Å²) in [4.78, 5) is 4.12. The molecular weight excluding hydrogens is 412 g/mol. The molecule has 4 aromatic rings. The minimum Gasteiger partial charge on any atom is -0.245 e. The van der Waals surface area contributed by atoms with Crippen LogP contribution < -0.4 is 0 Å². The number of alkyl halides is 2. The molecule has 2 aromatic carbocycles. The number of allylic oxidation sites excluding steroid dienone is 2. The van der Waals surface area contributed by atoms with Gasteiger partial charge in [0.15, 0.2) is 0 Å². The highest BCUT2D eigenvalue weighted by Crippen LogP contribution is 2.31. The Morgan fingerprint density at radius 1 is 1.06 bits per heavy atom. The number of halogens is 2. The van der Waals surface area contributed by atoms with Crippen LogP contribution in [0.3, 0.4) is 0 Å². The molecular formula is C23H23F2N7. The standard InChI is InChI=1S/C23H23F2N7/c1-3-5-10-20-26-22(23(24,25)4-2)29-32(20)15-16-11-13-17(14-12-16)18-8-6-7-9-19(18)21-27-30-31-28-21/h3,5-9,11-14H,4,10,15H2,1-2H3,(H,27,28,30,31)/b5-3+. The second-order valence-electron chi connectivity index (χ2n) is 7.32. The predicted molar refractivity (Wildman–Crippen MR) is 117 cm³/mol. The van der Waals surface area contributed by atoms with Crippen molar-refractivity contribution in [3.63, 3.8) is 0 Å². The van der Waals surface area contributed by atoms with Crippen molar-refractivity contribution >= 4 is 0 Å². The molecule has 0 unspecified atom stereocenters. The number of nitrogens with zero attached hydrogens (tertiary/aromatic N) is 6. The van der Waals surface area contributed by atoms with E-state index in [9.17, 15) is 8.78 Å². The normalized spacial score (nSPS) is 12.0. The van der Waals surface area contributed by atoms with Crippen LogP contribution in [0, 0.1) is 0 Å². The average molecular weight is 435 g/mol. The first-order chi connectivity index (χ1) is 15.5. The first-order valence-corrected chi connectivity index (χ1v) is 10.4. The molecule has 0 aliphatic heterocycles. The Labute approximate surface area is 184 Å². The third-order valence-corrected chi connectivity index (χ3v) is 5.17. The topological polar surface area (TPSA) is 85.2 Å². The Kier molecular flexibility index (Phi) is 6.16. The zero-order valence-corrected chi connectivity index (χ0v) is 17.8. The molecule has 164 valence electrons. The Hall–Kier alpha value is -3.75. The number of aromatic nitrogens is 7. The van der Waals surface area contributed by atoms with Crippen molar-refractivity contribution in [2.24, 2.45) is 0 Å². The molecule has 0 amide bonds. The van der Waals surface area contributed by atoms with E-state index in [-0.39, 0.29) is 6.42 Å². The van der Waals surface area contributed by atoms with Gasteiger partial charge < -0.3 is 0 Å². The lowest BCUT2D eigenvalue weighted by molar-refractivity contribution is -0.0177. The summed E-state index contributed by atoms with van der Waals surface area (Å²) in [7, 11) is 0. The molecule has 7 nitrogen and oxygen atoms in total. The van der Waals surface area contributed by atoms with Crippen molar-refractivity contribution in [1.82, 2.24) is 35.4 Å². The Bertz CT molecular complexity index is 1200. The monoisotopic (exact) mass is 435 g/mol. The van der Waals surface area contributed by atoms with E-state index in [1.807, 2.05) is 67.6 Å². The van der Waals surface area contributed by atoms with Crippen LogP contribution in [-0.4, -0.2) is 35.4 Å². The number of nitrogens with one attached hydrogen (secondary N) is 1. The summed E-state index contributed by atoms with van der Waals surface area (Å²) >= 11 is 0. The number of hydrogen-bond acceptors (Lipinski definition) is 5. The number of rotatable bonds is 8. The Balaban J connectivity index is 1.62. The van der Waals surface area contributed by atoms with Gasteiger partial charge in [-0.3, -0.25) is 0 Å². The van der Waals surface area contributed by atoms with Crippen molar-refractivity contribution in [3.8, 4) is 22.5 Å². The third-order valence-electron chi connectivity index (χ3n) is 5.17. The lowest BCUT2D eigenvalue weighted by Crippen LogP contribution is -2.14. The second-order valence-corrected chi connectivity index (χ2v) is 7.32. The molecule has 2 aromatic heterocycles. The maximum absolute atomic E-state index is 14.2. The summed E-state index contributed by atoms with van der Waals surface area (Å²) in [5.74, 6) is -2.44. The van der Waals surface area contributed by atoms with E-state index >= 15 is 0 Å². The van der Waals surface area contributed by atoms with E-state index in [4.69, 9.17) is 0 Å². The van der Waals surface area contributed by atoms with Crippen LogP contribution >= 0.6 is 0 Å². The van der Waals surface area contributed by atoms with Gasteiger partial charge in [-0.1, -0.05) is 67.6 Å². The summed E-state index contributed by atoms with van der Waals surface area (Å²) in [6, 6.07) is 15.7. The third kappa shape index (κ3) is 4.46. The Morgan fingerprint density at radius 2 is 1.81 bits per heavy atom. The quantitative estimate of drug-likeness (QED) is 0.402. The van der Waals surface area contributed by atoms with E-state index in [1.165, 1.54) is 6.92 Å². The van der Waals surface area contributed by atoms with Crippen LogP contribution in [0.2, 0.25) is 0 Å². The molecule has 0 bridgehead atoms. The van der Waals surface area contributed by atoms with Crippen LogP contribution in [0.4, 0.5) is 8.78 Å². The smallest absolute Gasteiger partial charge is 0.245 e. The number of benzene rings is 2. The second kappa shape index (κ2) is 9.17. The van der Waals surface area contributed by atoms with Crippen molar-refractivity contribution < 1.29 is 8.78 Å². The molecule has 2 heterocycles. The van der Waals surface area contributed by atoms with Gasteiger partial charge in [0.05, 0.1) is 6.54 Å². The minimum absolute atomic E-state index is 0.339. The first-order valence-electron chi connectivity index (χ1n) is 10.4. The molecule has 0 aliphatic rings. The highest BCUT2D eigenvalue weighted by Gasteiger charge is 2.34. The number of hydrogen-bond donors (Lipinski definition) is 1. The van der Waals surface area contributed by atoms with Crippen LogP contribution in [0.1, 0.15) is 37.5 Å². The molecule has 1 N–H and O–H groups in total. The van der Waals surface area contributed by atoms with Crippen LogP contribution in [0.25, 0.3) is 22.5 Å². The van der Waals surface area contributed by atoms with Gasteiger partial charge in [0.25, 0.3) is 0 Å². The summed E-state index contributed by atoms with van der Waals surface area (Å²) in [6.45, 7) is 3.66. The summed E-state index contributed by atoms with van der Waals surface area (Å²) in [5.41, 5.74) is 3.76. The van der Waals surface area contributed by atoms with Gasteiger partial charge in [0, 0.05) is 18.4 Å². The lowest BCUT2D eigenvalue weighted by Gasteiger charge is -2.09. The number of tetrazole rings is 1. The van der Waals surface area contributed by atoms with Crippen LogP contribution in [-0.2, 0) is 18.9 Å². The first kappa shape index (κ1) is 21.5. The predicted octanol–water partition coefficient (Wildman–Crippen LogP) is 4.79. The molecule has 0 saturated carbocycles. The van der Waals surface area contributed by atoms with Gasteiger partial charge >= 0.3 is 5.92 Å². The van der Waals surface area contributed by atoms with Gasteiger partial charge in [-0.25, -0.2) is 9.67 Å². The number of aromatic amines is 1.